The lowest BCUT2D eigenvalue weighted by atomic mass is 10.0. The molecule has 1 amide bonds. The van der Waals surface area contributed by atoms with Crippen molar-refractivity contribution >= 4 is 11.7 Å². The van der Waals surface area contributed by atoms with Crippen molar-refractivity contribution in [2.24, 2.45) is 0 Å². The van der Waals surface area contributed by atoms with Gasteiger partial charge in [0.15, 0.2) is 0 Å². The number of ether oxygens (including phenoxy) is 1. The van der Waals surface area contributed by atoms with Crippen molar-refractivity contribution in [1.29, 1.82) is 0 Å². The molecule has 4 rings (SSSR count). The minimum Gasteiger partial charge on any atom is -0.497 e. The summed E-state index contributed by atoms with van der Waals surface area (Å²) >= 11 is 0. The Balaban J connectivity index is 1.50. The maximum Gasteiger partial charge on any atom is 0.346 e. The van der Waals surface area contributed by atoms with Gasteiger partial charge in [-0.15, -0.1) is 0 Å². The molecular formula is C23H19N3O2. The summed E-state index contributed by atoms with van der Waals surface area (Å²) in [5, 5.41) is 7.20. The van der Waals surface area contributed by atoms with E-state index in [1.165, 1.54) is 4.68 Å². The number of hydrogen-bond acceptors (Lipinski definition) is 3. The van der Waals surface area contributed by atoms with Crippen molar-refractivity contribution in [1.82, 2.24) is 9.78 Å². The molecule has 0 unspecified atom stereocenters. The summed E-state index contributed by atoms with van der Waals surface area (Å²) in [6, 6.07) is 27.0. The van der Waals surface area contributed by atoms with Crippen LogP contribution in [0.5, 0.6) is 5.75 Å². The molecular weight excluding hydrogens is 350 g/mol. The predicted molar refractivity (Wildman–Crippen MR) is 111 cm³/mol. The molecule has 3 aromatic carbocycles. The highest BCUT2D eigenvalue weighted by Crippen LogP contribution is 2.24. The lowest BCUT2D eigenvalue weighted by Crippen LogP contribution is -2.19. The highest BCUT2D eigenvalue weighted by Gasteiger charge is 2.09. The summed E-state index contributed by atoms with van der Waals surface area (Å²) in [5.74, 6) is 0.678. The van der Waals surface area contributed by atoms with Gasteiger partial charge in [-0.3, -0.25) is 0 Å². The first-order valence-electron chi connectivity index (χ1n) is 8.90. The molecule has 28 heavy (non-hydrogen) atoms. The zero-order chi connectivity index (χ0) is 19.3. The molecule has 1 aromatic heterocycles. The number of benzene rings is 3. The zero-order valence-corrected chi connectivity index (χ0v) is 15.4. The monoisotopic (exact) mass is 369 g/mol. The van der Waals surface area contributed by atoms with Crippen molar-refractivity contribution < 1.29 is 9.53 Å². The fourth-order valence-corrected chi connectivity index (χ4v) is 2.94. The largest absolute Gasteiger partial charge is 0.497 e. The second-order valence-electron chi connectivity index (χ2n) is 6.25. The summed E-state index contributed by atoms with van der Waals surface area (Å²) in [4.78, 5) is 12.4. The van der Waals surface area contributed by atoms with Crippen molar-refractivity contribution in [3.8, 4) is 28.1 Å². The number of hydrogen-bond donors (Lipinski definition) is 1. The summed E-state index contributed by atoms with van der Waals surface area (Å²) in [5.41, 5.74) is 4.64. The zero-order valence-electron chi connectivity index (χ0n) is 15.4. The van der Waals surface area contributed by atoms with Crippen LogP contribution in [0.1, 0.15) is 0 Å². The van der Waals surface area contributed by atoms with Gasteiger partial charge in [0.2, 0.25) is 0 Å². The standard InChI is InChI=1S/C23H19N3O2/c1-28-21-9-5-8-20(16-21)24-23(27)26-15-14-22(25-26)19-12-10-18(11-13-19)17-6-3-2-4-7-17/h2-16H,1H3,(H,24,27). The van der Waals surface area contributed by atoms with E-state index in [0.717, 1.165) is 22.4 Å². The highest BCUT2D eigenvalue weighted by atomic mass is 16.5. The molecule has 0 aliphatic carbocycles. The van der Waals surface area contributed by atoms with Gasteiger partial charge in [0, 0.05) is 23.5 Å². The third-order valence-corrected chi connectivity index (χ3v) is 4.41. The Labute approximate surface area is 163 Å². The quantitative estimate of drug-likeness (QED) is 0.531. The van der Waals surface area contributed by atoms with Crippen molar-refractivity contribution in [3.05, 3.63) is 91.1 Å². The van der Waals surface area contributed by atoms with Gasteiger partial charge in [-0.2, -0.15) is 9.78 Å². The third kappa shape index (κ3) is 3.78. The number of nitrogens with zero attached hydrogens (tertiary/aromatic N) is 2. The van der Waals surface area contributed by atoms with Crippen molar-refractivity contribution in [2.45, 2.75) is 0 Å². The van der Waals surface area contributed by atoms with Crippen LogP contribution in [0.15, 0.2) is 91.1 Å². The van der Waals surface area contributed by atoms with Crippen LogP contribution in [0, 0.1) is 0 Å². The van der Waals surface area contributed by atoms with E-state index in [1.54, 1.807) is 25.4 Å². The van der Waals surface area contributed by atoms with Gasteiger partial charge in [0.1, 0.15) is 5.75 Å². The highest BCUT2D eigenvalue weighted by molar-refractivity contribution is 5.91. The second-order valence-corrected chi connectivity index (χ2v) is 6.25. The van der Waals surface area contributed by atoms with Crippen LogP contribution in [0.4, 0.5) is 10.5 Å². The molecule has 5 heteroatoms. The van der Waals surface area contributed by atoms with E-state index < -0.39 is 0 Å². The van der Waals surface area contributed by atoms with E-state index in [9.17, 15) is 4.79 Å². The molecule has 138 valence electrons. The van der Waals surface area contributed by atoms with E-state index in [0.29, 0.717) is 11.4 Å². The topological polar surface area (TPSA) is 56.1 Å². The SMILES string of the molecule is COc1cccc(NC(=O)n2ccc(-c3ccc(-c4ccccc4)cc3)n2)c1. The summed E-state index contributed by atoms with van der Waals surface area (Å²) in [6.45, 7) is 0. The minimum absolute atomic E-state index is 0.333. The second kappa shape index (κ2) is 7.80. The Morgan fingerprint density at radius 3 is 2.32 bits per heavy atom. The fourth-order valence-electron chi connectivity index (χ4n) is 2.94. The van der Waals surface area contributed by atoms with Gasteiger partial charge in [-0.25, -0.2) is 4.79 Å². The van der Waals surface area contributed by atoms with Gasteiger partial charge >= 0.3 is 6.03 Å². The molecule has 0 bridgehead atoms. The number of aromatic nitrogens is 2. The van der Waals surface area contributed by atoms with E-state index >= 15 is 0 Å². The average molecular weight is 369 g/mol. The molecule has 0 saturated heterocycles. The van der Waals surface area contributed by atoms with Crippen LogP contribution in [0.3, 0.4) is 0 Å². The molecule has 1 heterocycles. The lowest BCUT2D eigenvalue weighted by molar-refractivity contribution is 0.251. The normalized spacial score (nSPS) is 10.5. The number of carbonyl (C=O) groups excluding carboxylic acids is 1. The van der Waals surface area contributed by atoms with Crippen LogP contribution >= 0.6 is 0 Å². The summed E-state index contributed by atoms with van der Waals surface area (Å²) in [6.07, 6.45) is 1.65. The molecule has 0 spiro atoms. The number of methoxy groups -OCH3 is 1. The Hall–Kier alpha value is -3.86. The number of carbonyl (C=O) groups is 1. The van der Waals surface area contributed by atoms with Gasteiger partial charge < -0.3 is 10.1 Å². The van der Waals surface area contributed by atoms with E-state index in [4.69, 9.17) is 4.74 Å². The summed E-state index contributed by atoms with van der Waals surface area (Å²) in [7, 11) is 1.59. The first-order chi connectivity index (χ1) is 13.7. The molecule has 0 aliphatic heterocycles. The van der Waals surface area contributed by atoms with Gasteiger partial charge in [-0.1, -0.05) is 60.7 Å². The van der Waals surface area contributed by atoms with Crippen LogP contribution in [0.2, 0.25) is 0 Å². The van der Waals surface area contributed by atoms with Crippen LogP contribution in [-0.2, 0) is 0 Å². The third-order valence-electron chi connectivity index (χ3n) is 4.41. The minimum atomic E-state index is -0.333. The van der Waals surface area contributed by atoms with Crippen molar-refractivity contribution in [3.63, 3.8) is 0 Å². The maximum atomic E-state index is 12.4. The van der Waals surface area contributed by atoms with E-state index in [2.05, 4.69) is 34.7 Å². The van der Waals surface area contributed by atoms with Crippen LogP contribution in [0.25, 0.3) is 22.4 Å². The Kier molecular flexibility index (Phi) is 4.89. The van der Waals surface area contributed by atoms with Gasteiger partial charge in [0.05, 0.1) is 12.8 Å². The molecule has 1 N–H and O–H groups in total. The number of nitrogens with one attached hydrogen (secondary N) is 1. The maximum absolute atomic E-state index is 12.4. The Morgan fingerprint density at radius 1 is 0.857 bits per heavy atom. The number of anilines is 1. The summed E-state index contributed by atoms with van der Waals surface area (Å²) < 4.78 is 6.46. The molecule has 0 aliphatic rings. The van der Waals surface area contributed by atoms with Crippen LogP contribution < -0.4 is 10.1 Å². The van der Waals surface area contributed by atoms with E-state index in [1.807, 2.05) is 48.5 Å². The molecule has 0 saturated carbocycles. The van der Waals surface area contributed by atoms with Crippen LogP contribution in [-0.4, -0.2) is 22.9 Å². The molecule has 0 atom stereocenters. The first-order valence-corrected chi connectivity index (χ1v) is 8.90. The Bertz CT molecular complexity index is 1090. The first kappa shape index (κ1) is 17.5. The molecule has 5 nitrogen and oxygen atoms in total. The smallest absolute Gasteiger partial charge is 0.346 e. The fraction of sp³-hybridized carbons (Fsp3) is 0.0435. The molecule has 0 radical (unpaired) electrons. The van der Waals surface area contributed by atoms with Gasteiger partial charge in [0.25, 0.3) is 0 Å². The number of rotatable bonds is 4. The predicted octanol–water partition coefficient (Wildman–Crippen LogP) is 5.31. The molecule has 0 fully saturated rings. The average Bonchev–Trinajstić information content (AvgIpc) is 3.25. The van der Waals surface area contributed by atoms with Gasteiger partial charge in [-0.05, 0) is 29.3 Å². The molecule has 4 aromatic rings. The Morgan fingerprint density at radius 2 is 1.57 bits per heavy atom. The lowest BCUT2D eigenvalue weighted by Gasteiger charge is -2.06. The van der Waals surface area contributed by atoms with E-state index in [-0.39, 0.29) is 6.03 Å². The number of amides is 1. The van der Waals surface area contributed by atoms with Crippen molar-refractivity contribution in [2.75, 3.05) is 12.4 Å².